The van der Waals surface area contributed by atoms with Crippen molar-refractivity contribution in [2.24, 2.45) is 0 Å². The number of carbonyl (C=O) groups excluding carboxylic acids is 1. The zero-order valence-electron chi connectivity index (χ0n) is 15.1. The number of pyridine rings is 1. The molecule has 1 aromatic carbocycles. The molecule has 0 N–H and O–H groups in total. The van der Waals surface area contributed by atoms with Gasteiger partial charge < -0.3 is 9.80 Å². The van der Waals surface area contributed by atoms with Gasteiger partial charge in [-0.15, -0.1) is 0 Å². The van der Waals surface area contributed by atoms with Crippen LogP contribution < -0.4 is 4.90 Å². The molecule has 0 radical (unpaired) electrons. The van der Waals surface area contributed by atoms with E-state index in [1.54, 1.807) is 29.2 Å². The molecule has 2 heterocycles. The molecule has 8 heteroatoms. The van der Waals surface area contributed by atoms with Gasteiger partial charge >= 0.3 is 0 Å². The van der Waals surface area contributed by atoms with Crippen molar-refractivity contribution in [3.63, 3.8) is 0 Å². The second kappa shape index (κ2) is 8.04. The van der Waals surface area contributed by atoms with Crippen molar-refractivity contribution in [3.05, 3.63) is 54.5 Å². The third-order valence-corrected chi connectivity index (χ3v) is 6.41. The van der Waals surface area contributed by atoms with Gasteiger partial charge in [0.25, 0.3) is 0 Å². The highest BCUT2D eigenvalue weighted by molar-refractivity contribution is 7.91. The minimum atomic E-state index is -3.47. The predicted molar refractivity (Wildman–Crippen MR) is 101 cm³/mol. The molecule has 1 aliphatic rings. The number of nitrogens with zero attached hydrogens (tertiary/aromatic N) is 3. The van der Waals surface area contributed by atoms with Crippen molar-refractivity contribution in [3.8, 4) is 0 Å². The Morgan fingerprint density at radius 1 is 1.19 bits per heavy atom. The summed E-state index contributed by atoms with van der Waals surface area (Å²) in [5.74, 6) is -0.0974. The fourth-order valence-corrected chi connectivity index (χ4v) is 4.44. The molecule has 1 unspecified atom stereocenters. The van der Waals surface area contributed by atoms with Gasteiger partial charge in [-0.05, 0) is 31.2 Å². The van der Waals surface area contributed by atoms with Gasteiger partial charge in [0.15, 0.2) is 9.84 Å². The van der Waals surface area contributed by atoms with Crippen molar-refractivity contribution >= 4 is 21.6 Å². The first-order valence-electron chi connectivity index (χ1n) is 8.80. The highest BCUT2D eigenvalue weighted by Gasteiger charge is 2.28. The molecule has 0 spiro atoms. The molecule has 3 rings (SSSR count). The van der Waals surface area contributed by atoms with E-state index in [2.05, 4.69) is 4.98 Å². The largest absolute Gasteiger partial charge is 0.350 e. The molecular weight excluding hydrogens is 369 g/mol. The van der Waals surface area contributed by atoms with E-state index in [1.165, 1.54) is 24.4 Å². The van der Waals surface area contributed by atoms with Crippen LogP contribution in [0.3, 0.4) is 0 Å². The molecule has 0 aliphatic carbocycles. The highest BCUT2D eigenvalue weighted by Crippen LogP contribution is 2.19. The molecule has 27 heavy (non-hydrogen) atoms. The van der Waals surface area contributed by atoms with Crippen LogP contribution in [0.5, 0.6) is 0 Å². The van der Waals surface area contributed by atoms with Crippen LogP contribution in [0, 0.1) is 5.82 Å². The van der Waals surface area contributed by atoms with E-state index in [0.29, 0.717) is 25.5 Å². The van der Waals surface area contributed by atoms with Crippen molar-refractivity contribution in [2.45, 2.75) is 24.3 Å². The van der Waals surface area contributed by atoms with E-state index in [0.717, 1.165) is 0 Å². The highest BCUT2D eigenvalue weighted by atomic mass is 32.2. The summed E-state index contributed by atoms with van der Waals surface area (Å²) >= 11 is 0. The molecule has 0 bridgehead atoms. The maximum atomic E-state index is 13.0. The Hall–Kier alpha value is -2.48. The Kier molecular flexibility index (Phi) is 5.74. The number of hydrogen-bond donors (Lipinski definition) is 0. The third-order valence-electron chi connectivity index (χ3n) is 4.67. The Balaban J connectivity index is 1.57. The fraction of sp³-hybridized carbons (Fsp3) is 0.368. The maximum absolute atomic E-state index is 13.0. The number of rotatable bonds is 5. The summed E-state index contributed by atoms with van der Waals surface area (Å²) in [4.78, 5) is 20.5. The summed E-state index contributed by atoms with van der Waals surface area (Å²) in [5.41, 5.74) is 0. The van der Waals surface area contributed by atoms with E-state index in [-0.39, 0.29) is 34.8 Å². The third kappa shape index (κ3) is 4.63. The monoisotopic (exact) mass is 391 g/mol. The van der Waals surface area contributed by atoms with Crippen LogP contribution >= 0.6 is 0 Å². The lowest BCUT2D eigenvalue weighted by Gasteiger charge is -2.40. The van der Waals surface area contributed by atoms with Crippen LogP contribution in [0.1, 0.15) is 13.3 Å². The van der Waals surface area contributed by atoms with E-state index < -0.39 is 9.84 Å². The van der Waals surface area contributed by atoms with Crippen LogP contribution in [0.25, 0.3) is 0 Å². The standard InChI is InChI=1S/C19H22FN3O3S/c1-15-14-22(10-11-23(15)18-8-7-16(20)13-21-18)19(24)9-12-27(25,26)17-5-3-2-4-6-17/h2-8,13,15H,9-12,14H2,1H3. The van der Waals surface area contributed by atoms with E-state index in [4.69, 9.17) is 0 Å². The molecule has 1 amide bonds. The number of benzene rings is 1. The Bertz CT molecular complexity index is 888. The summed E-state index contributed by atoms with van der Waals surface area (Å²) in [6.07, 6.45) is 1.13. The van der Waals surface area contributed by atoms with Crippen LogP contribution in [0.2, 0.25) is 0 Å². The first-order valence-corrected chi connectivity index (χ1v) is 10.5. The number of piperazine rings is 1. The average Bonchev–Trinajstić information content (AvgIpc) is 2.67. The predicted octanol–water partition coefficient (Wildman–Crippen LogP) is 2.12. The van der Waals surface area contributed by atoms with Crippen LogP contribution in [0.15, 0.2) is 53.6 Å². The van der Waals surface area contributed by atoms with E-state index in [1.807, 2.05) is 11.8 Å². The van der Waals surface area contributed by atoms with Crippen molar-refractivity contribution in [2.75, 3.05) is 30.3 Å². The normalized spacial score (nSPS) is 17.8. The minimum Gasteiger partial charge on any atom is -0.350 e. The van der Waals surface area contributed by atoms with Crippen molar-refractivity contribution in [1.29, 1.82) is 0 Å². The quantitative estimate of drug-likeness (QED) is 0.781. The van der Waals surface area contributed by atoms with Gasteiger partial charge in [-0.3, -0.25) is 4.79 Å². The van der Waals surface area contributed by atoms with E-state index in [9.17, 15) is 17.6 Å². The number of anilines is 1. The lowest BCUT2D eigenvalue weighted by molar-refractivity contribution is -0.131. The summed E-state index contributed by atoms with van der Waals surface area (Å²) in [6.45, 7) is 3.49. The van der Waals surface area contributed by atoms with E-state index >= 15 is 0 Å². The number of halogens is 1. The second-order valence-electron chi connectivity index (χ2n) is 6.60. The van der Waals surface area contributed by atoms with Gasteiger partial charge in [-0.2, -0.15) is 0 Å². The maximum Gasteiger partial charge on any atom is 0.223 e. The van der Waals surface area contributed by atoms with Crippen molar-refractivity contribution in [1.82, 2.24) is 9.88 Å². The zero-order valence-corrected chi connectivity index (χ0v) is 15.9. The smallest absolute Gasteiger partial charge is 0.223 e. The number of aromatic nitrogens is 1. The van der Waals surface area contributed by atoms with Crippen LogP contribution in [-0.2, 0) is 14.6 Å². The van der Waals surface area contributed by atoms with Gasteiger partial charge in [-0.25, -0.2) is 17.8 Å². The molecule has 144 valence electrons. The van der Waals surface area contributed by atoms with Gasteiger partial charge in [0.1, 0.15) is 11.6 Å². The van der Waals surface area contributed by atoms with Gasteiger partial charge in [0.2, 0.25) is 5.91 Å². The van der Waals surface area contributed by atoms with Crippen LogP contribution in [-0.4, -0.2) is 55.6 Å². The Morgan fingerprint density at radius 2 is 1.93 bits per heavy atom. The molecule has 1 saturated heterocycles. The lowest BCUT2D eigenvalue weighted by Crippen LogP contribution is -2.54. The summed E-state index contributed by atoms with van der Waals surface area (Å²) in [5, 5.41) is 0. The summed E-state index contributed by atoms with van der Waals surface area (Å²) in [6, 6.07) is 11.1. The molecule has 1 fully saturated rings. The number of sulfone groups is 1. The van der Waals surface area contributed by atoms with Gasteiger partial charge in [0, 0.05) is 32.1 Å². The molecule has 6 nitrogen and oxygen atoms in total. The Morgan fingerprint density at radius 3 is 2.56 bits per heavy atom. The number of amides is 1. The second-order valence-corrected chi connectivity index (χ2v) is 8.71. The van der Waals surface area contributed by atoms with Crippen molar-refractivity contribution < 1.29 is 17.6 Å². The molecule has 1 aliphatic heterocycles. The average molecular weight is 391 g/mol. The number of carbonyl (C=O) groups is 1. The SMILES string of the molecule is CC1CN(C(=O)CCS(=O)(=O)c2ccccc2)CCN1c1ccc(F)cn1. The molecule has 0 saturated carbocycles. The molecular formula is C19H22FN3O3S. The minimum absolute atomic E-state index is 0.00592. The lowest BCUT2D eigenvalue weighted by atomic mass is 10.1. The molecule has 2 aromatic rings. The fourth-order valence-electron chi connectivity index (χ4n) is 3.19. The van der Waals surface area contributed by atoms with Crippen LogP contribution in [0.4, 0.5) is 10.2 Å². The Labute approximate surface area is 158 Å². The summed E-state index contributed by atoms with van der Waals surface area (Å²) < 4.78 is 37.7. The zero-order chi connectivity index (χ0) is 19.4. The topological polar surface area (TPSA) is 70.6 Å². The van der Waals surface area contributed by atoms with Gasteiger partial charge in [-0.1, -0.05) is 18.2 Å². The molecule has 1 aromatic heterocycles. The first kappa shape index (κ1) is 19.3. The summed E-state index contributed by atoms with van der Waals surface area (Å²) in [7, 11) is -3.47. The van der Waals surface area contributed by atoms with Gasteiger partial charge in [0.05, 0.1) is 16.8 Å². The first-order chi connectivity index (χ1) is 12.9. The number of hydrogen-bond acceptors (Lipinski definition) is 5. The molecule has 1 atom stereocenters.